The van der Waals surface area contributed by atoms with Crippen LogP contribution in [-0.4, -0.2) is 16.0 Å². The summed E-state index contributed by atoms with van der Waals surface area (Å²) in [6.45, 7) is 1.23. The zero-order valence-electron chi connectivity index (χ0n) is 12.0. The average Bonchev–Trinajstić information content (AvgIpc) is 2.51. The lowest BCUT2D eigenvalue weighted by Crippen LogP contribution is -2.17. The van der Waals surface area contributed by atoms with Crippen LogP contribution in [0.1, 0.15) is 17.4 Å². The summed E-state index contributed by atoms with van der Waals surface area (Å²) in [5.41, 5.74) is 0.313. The first-order valence-corrected chi connectivity index (χ1v) is 7.09. The molecule has 0 aliphatic rings. The molecule has 116 valence electrons. The molecule has 0 spiro atoms. The summed E-state index contributed by atoms with van der Waals surface area (Å²) in [6.07, 6.45) is 0. The minimum atomic E-state index is -0.612. The van der Waals surface area contributed by atoms with Crippen LogP contribution >= 0.6 is 11.6 Å². The molecule has 1 heterocycles. The third-order valence-electron chi connectivity index (χ3n) is 3.31. The third kappa shape index (κ3) is 2.93. The molecule has 0 atom stereocenters. The van der Waals surface area contributed by atoms with Gasteiger partial charge in [0.05, 0.1) is 16.6 Å². The summed E-state index contributed by atoms with van der Waals surface area (Å²) in [5, 5.41) is 9.89. The lowest BCUT2D eigenvalue weighted by atomic mass is 10.1. The molecule has 0 saturated heterocycles. The Hall–Kier alpha value is -2.73. The Morgan fingerprint density at radius 2 is 1.96 bits per heavy atom. The number of aromatic amines is 1. The van der Waals surface area contributed by atoms with Crippen LogP contribution in [0.3, 0.4) is 0 Å². The fraction of sp³-hybridized carbons (Fsp3) is 0.0625. The van der Waals surface area contributed by atoms with Crippen molar-refractivity contribution in [1.29, 1.82) is 0 Å². The molecule has 0 unspecified atom stereocenters. The number of halogens is 2. The second-order valence-corrected chi connectivity index (χ2v) is 5.40. The summed E-state index contributed by atoms with van der Waals surface area (Å²) < 4.78 is 14.3. The number of nitrogens with zero attached hydrogens (tertiary/aromatic N) is 1. The summed E-state index contributed by atoms with van der Waals surface area (Å²) in [5.74, 6) is -1.09. The highest BCUT2D eigenvalue weighted by molar-refractivity contribution is 6.30. The number of rotatable bonds is 3. The predicted octanol–water partition coefficient (Wildman–Crippen LogP) is 3.66. The molecule has 3 aromatic rings. The zero-order chi connectivity index (χ0) is 16.6. The fourth-order valence-corrected chi connectivity index (χ4v) is 2.30. The van der Waals surface area contributed by atoms with E-state index in [4.69, 9.17) is 11.6 Å². The van der Waals surface area contributed by atoms with Crippen LogP contribution in [-0.2, 0) is 0 Å². The van der Waals surface area contributed by atoms with Crippen molar-refractivity contribution >= 4 is 39.7 Å². The molecular weight excluding hydrogens is 321 g/mol. The van der Waals surface area contributed by atoms with Crippen LogP contribution in [0.25, 0.3) is 10.9 Å². The van der Waals surface area contributed by atoms with E-state index in [1.54, 1.807) is 24.3 Å². The molecule has 0 bridgehead atoms. The average molecular weight is 332 g/mol. The van der Waals surface area contributed by atoms with Crippen LogP contribution < -0.4 is 10.7 Å². The van der Waals surface area contributed by atoms with E-state index in [0.29, 0.717) is 16.2 Å². The SMILES string of the molecule is CC(=O)c1n[nH]c2cc(Nc3ccc(Cl)cc3)c(F)cc2c1=O. The lowest BCUT2D eigenvalue weighted by molar-refractivity contribution is 0.101. The standard InChI is InChI=1S/C16H11ClFN3O2/c1-8(22)15-16(23)11-6-12(18)14(7-13(11)20-21-15)19-10-4-2-9(17)3-5-10/h2-7,19H,1H3,(H,20,23). The van der Waals surface area contributed by atoms with Crippen LogP contribution in [0.2, 0.25) is 5.02 Å². The van der Waals surface area contributed by atoms with E-state index < -0.39 is 17.0 Å². The molecule has 0 amide bonds. The van der Waals surface area contributed by atoms with Crippen LogP contribution in [0, 0.1) is 5.82 Å². The smallest absolute Gasteiger partial charge is 0.219 e. The Morgan fingerprint density at radius 1 is 1.26 bits per heavy atom. The van der Waals surface area contributed by atoms with Gasteiger partial charge in [-0.3, -0.25) is 14.7 Å². The van der Waals surface area contributed by atoms with E-state index in [-0.39, 0.29) is 16.8 Å². The van der Waals surface area contributed by atoms with E-state index in [2.05, 4.69) is 15.5 Å². The van der Waals surface area contributed by atoms with Gasteiger partial charge in [-0.1, -0.05) is 11.6 Å². The lowest BCUT2D eigenvalue weighted by Gasteiger charge is -2.09. The van der Waals surface area contributed by atoms with Gasteiger partial charge in [-0.05, 0) is 36.4 Å². The van der Waals surface area contributed by atoms with Crippen molar-refractivity contribution in [3.8, 4) is 0 Å². The van der Waals surface area contributed by atoms with Crippen LogP contribution in [0.15, 0.2) is 41.2 Å². The molecule has 3 rings (SSSR count). The Kier molecular flexibility index (Phi) is 3.83. The number of anilines is 2. The van der Waals surface area contributed by atoms with Crippen molar-refractivity contribution in [2.75, 3.05) is 5.32 Å². The highest BCUT2D eigenvalue weighted by Crippen LogP contribution is 2.24. The van der Waals surface area contributed by atoms with E-state index in [0.717, 1.165) is 6.07 Å². The third-order valence-corrected chi connectivity index (χ3v) is 3.56. The molecule has 7 heteroatoms. The van der Waals surface area contributed by atoms with Crippen molar-refractivity contribution in [2.24, 2.45) is 0 Å². The van der Waals surface area contributed by atoms with Crippen LogP contribution in [0.5, 0.6) is 0 Å². The maximum Gasteiger partial charge on any atom is 0.219 e. The molecular formula is C16H11ClFN3O2. The number of hydrogen-bond donors (Lipinski definition) is 2. The molecule has 0 radical (unpaired) electrons. The van der Waals surface area contributed by atoms with Gasteiger partial charge in [-0.15, -0.1) is 0 Å². The van der Waals surface area contributed by atoms with Gasteiger partial charge in [-0.2, -0.15) is 5.10 Å². The van der Waals surface area contributed by atoms with Gasteiger partial charge in [-0.25, -0.2) is 4.39 Å². The summed E-state index contributed by atoms with van der Waals surface area (Å²) in [4.78, 5) is 23.5. The number of carbonyl (C=O) groups excluding carboxylic acids is 1. The highest BCUT2D eigenvalue weighted by atomic mass is 35.5. The number of H-pyrrole nitrogens is 1. The molecule has 1 aromatic heterocycles. The number of hydrogen-bond acceptors (Lipinski definition) is 4. The van der Waals surface area contributed by atoms with Crippen molar-refractivity contribution < 1.29 is 9.18 Å². The van der Waals surface area contributed by atoms with Gasteiger partial charge in [0.25, 0.3) is 0 Å². The maximum atomic E-state index is 14.3. The Morgan fingerprint density at radius 3 is 2.61 bits per heavy atom. The number of Topliss-reactive ketones (excluding diaryl/α,β-unsaturated/α-hetero) is 1. The van der Waals surface area contributed by atoms with Crippen molar-refractivity contribution in [1.82, 2.24) is 10.2 Å². The van der Waals surface area contributed by atoms with E-state index in [1.165, 1.54) is 13.0 Å². The van der Waals surface area contributed by atoms with Gasteiger partial charge in [0.1, 0.15) is 5.82 Å². The highest BCUT2D eigenvalue weighted by Gasteiger charge is 2.14. The van der Waals surface area contributed by atoms with Crippen molar-refractivity contribution in [2.45, 2.75) is 6.92 Å². The second-order valence-electron chi connectivity index (χ2n) is 4.97. The van der Waals surface area contributed by atoms with E-state index >= 15 is 0 Å². The van der Waals surface area contributed by atoms with Crippen LogP contribution in [0.4, 0.5) is 15.8 Å². The van der Waals surface area contributed by atoms with Gasteiger partial charge in [0.2, 0.25) is 5.43 Å². The topological polar surface area (TPSA) is 74.8 Å². The van der Waals surface area contributed by atoms with E-state index in [1.807, 2.05) is 0 Å². The summed E-state index contributed by atoms with van der Waals surface area (Å²) in [6, 6.07) is 9.26. The number of fused-ring (bicyclic) bond motifs is 1. The van der Waals surface area contributed by atoms with E-state index in [9.17, 15) is 14.0 Å². The quantitative estimate of drug-likeness (QED) is 0.718. The van der Waals surface area contributed by atoms with Gasteiger partial charge in [0, 0.05) is 17.6 Å². The number of benzene rings is 2. The number of nitrogens with one attached hydrogen (secondary N) is 2. The second kappa shape index (κ2) is 5.81. The molecule has 2 aromatic carbocycles. The molecule has 23 heavy (non-hydrogen) atoms. The number of ketones is 1. The normalized spacial score (nSPS) is 10.7. The predicted molar refractivity (Wildman–Crippen MR) is 87.1 cm³/mol. The first-order chi connectivity index (χ1) is 11.0. The first-order valence-electron chi connectivity index (χ1n) is 6.71. The first kappa shape index (κ1) is 15.2. The number of aromatic nitrogens is 2. The molecule has 5 nitrogen and oxygen atoms in total. The van der Waals surface area contributed by atoms with Crippen molar-refractivity contribution in [3.05, 3.63) is 63.2 Å². The minimum Gasteiger partial charge on any atom is -0.353 e. The Bertz CT molecular complexity index is 967. The number of carbonyl (C=O) groups is 1. The zero-order valence-corrected chi connectivity index (χ0v) is 12.7. The minimum absolute atomic E-state index is 0.0735. The Labute approximate surface area is 135 Å². The maximum absolute atomic E-state index is 14.3. The van der Waals surface area contributed by atoms with Crippen molar-refractivity contribution in [3.63, 3.8) is 0 Å². The summed E-state index contributed by atoms with van der Waals surface area (Å²) >= 11 is 5.80. The van der Waals surface area contributed by atoms with Gasteiger partial charge < -0.3 is 5.32 Å². The largest absolute Gasteiger partial charge is 0.353 e. The molecule has 2 N–H and O–H groups in total. The molecule has 0 aliphatic heterocycles. The summed E-state index contributed by atoms with van der Waals surface area (Å²) in [7, 11) is 0. The molecule has 0 saturated carbocycles. The monoisotopic (exact) mass is 331 g/mol. The van der Waals surface area contributed by atoms with Gasteiger partial charge in [0.15, 0.2) is 11.5 Å². The Balaban J connectivity index is 2.08. The molecule has 0 aliphatic carbocycles. The molecule has 0 fully saturated rings. The van der Waals surface area contributed by atoms with Gasteiger partial charge >= 0.3 is 0 Å². The fourth-order valence-electron chi connectivity index (χ4n) is 2.17.